The minimum Gasteiger partial charge on any atom is -0.329 e. The molecule has 1 heterocycles. The first-order valence-electron chi connectivity index (χ1n) is 4.11. The lowest BCUT2D eigenvalue weighted by molar-refractivity contribution is 0.101. The molecule has 0 aliphatic heterocycles. The van der Waals surface area contributed by atoms with Crippen LogP contribution in [0.4, 0.5) is 0 Å². The van der Waals surface area contributed by atoms with E-state index in [0.29, 0.717) is 16.6 Å². The van der Waals surface area contributed by atoms with Gasteiger partial charge in [-0.2, -0.15) is 5.26 Å². The van der Waals surface area contributed by atoms with Gasteiger partial charge >= 0.3 is 0 Å². The summed E-state index contributed by atoms with van der Waals surface area (Å²) in [7, 11) is 0. The molecule has 0 saturated carbocycles. The van der Waals surface area contributed by atoms with E-state index >= 15 is 0 Å². The molecule has 0 unspecified atom stereocenters. The smallest absolute Gasteiger partial charge is 0.211 e. The van der Waals surface area contributed by atoms with Gasteiger partial charge in [-0.1, -0.05) is 0 Å². The molecule has 0 spiro atoms. The van der Waals surface area contributed by atoms with Gasteiger partial charge in [0.25, 0.3) is 0 Å². The molecule has 14 heavy (non-hydrogen) atoms. The van der Waals surface area contributed by atoms with Crippen LogP contribution in [0.1, 0.15) is 23.1 Å². The van der Waals surface area contributed by atoms with Crippen LogP contribution >= 0.6 is 0 Å². The van der Waals surface area contributed by atoms with Gasteiger partial charge in [-0.15, -0.1) is 0 Å². The Kier molecular flexibility index (Phi) is 1.79. The van der Waals surface area contributed by atoms with E-state index < -0.39 is 0 Å². The Hall–Kier alpha value is -2.15. The molecule has 2 aromatic rings. The average molecular weight is 185 g/mol. The second-order valence-corrected chi connectivity index (χ2v) is 2.99. The van der Waals surface area contributed by atoms with Gasteiger partial charge in [0.1, 0.15) is 6.07 Å². The van der Waals surface area contributed by atoms with Crippen molar-refractivity contribution >= 4 is 16.8 Å². The number of benzene rings is 1. The fourth-order valence-corrected chi connectivity index (χ4v) is 1.28. The fourth-order valence-electron chi connectivity index (χ4n) is 1.28. The zero-order chi connectivity index (χ0) is 10.1. The number of aromatic nitrogens is 2. The number of carbonyl (C=O) groups excluding carboxylic acids is 1. The fraction of sp³-hybridized carbons (Fsp3) is 0.100. The standard InChI is InChI=1S/C10H7N3O/c1-6(14)7-2-3-8-9(4-7)13-10(5-11)12-8/h2-4H,1H3,(H,12,13). The number of imidazole rings is 1. The summed E-state index contributed by atoms with van der Waals surface area (Å²) in [6, 6.07) is 7.04. The highest BCUT2D eigenvalue weighted by Gasteiger charge is 2.04. The Morgan fingerprint density at radius 1 is 1.57 bits per heavy atom. The first-order chi connectivity index (χ1) is 6.70. The minimum atomic E-state index is 0.00000709. The molecule has 0 bridgehead atoms. The van der Waals surface area contributed by atoms with Gasteiger partial charge in [-0.25, -0.2) is 4.98 Å². The van der Waals surface area contributed by atoms with E-state index in [1.54, 1.807) is 18.2 Å². The maximum absolute atomic E-state index is 11.1. The molecule has 1 aromatic heterocycles. The van der Waals surface area contributed by atoms with E-state index in [0.717, 1.165) is 0 Å². The van der Waals surface area contributed by atoms with E-state index in [1.165, 1.54) is 6.92 Å². The topological polar surface area (TPSA) is 69.5 Å². The van der Waals surface area contributed by atoms with Crippen LogP contribution in [0, 0.1) is 11.3 Å². The van der Waals surface area contributed by atoms with Crippen LogP contribution in [0.2, 0.25) is 0 Å². The molecule has 1 aromatic carbocycles. The molecule has 0 fully saturated rings. The van der Waals surface area contributed by atoms with Gasteiger partial charge in [0.15, 0.2) is 5.78 Å². The molecule has 0 aliphatic rings. The van der Waals surface area contributed by atoms with Crippen molar-refractivity contribution in [1.29, 1.82) is 5.26 Å². The van der Waals surface area contributed by atoms with Crippen LogP contribution in [-0.4, -0.2) is 15.8 Å². The summed E-state index contributed by atoms with van der Waals surface area (Å²) in [5.74, 6) is 0.265. The molecule has 0 radical (unpaired) electrons. The molecule has 1 N–H and O–H groups in total. The van der Waals surface area contributed by atoms with Crippen molar-refractivity contribution in [3.63, 3.8) is 0 Å². The summed E-state index contributed by atoms with van der Waals surface area (Å²) < 4.78 is 0. The summed E-state index contributed by atoms with van der Waals surface area (Å²) in [6.45, 7) is 1.50. The van der Waals surface area contributed by atoms with Crippen molar-refractivity contribution in [2.24, 2.45) is 0 Å². The number of fused-ring (bicyclic) bond motifs is 1. The second kappa shape index (κ2) is 2.96. The number of nitriles is 1. The quantitative estimate of drug-likeness (QED) is 0.686. The molecule has 0 amide bonds. The van der Waals surface area contributed by atoms with Crippen molar-refractivity contribution in [3.05, 3.63) is 29.6 Å². The van der Waals surface area contributed by atoms with Crippen molar-refractivity contribution in [1.82, 2.24) is 9.97 Å². The maximum atomic E-state index is 11.1. The molecular weight excluding hydrogens is 178 g/mol. The number of aromatic amines is 1. The monoisotopic (exact) mass is 185 g/mol. The molecule has 4 heteroatoms. The minimum absolute atomic E-state index is 0.00000709. The third-order valence-electron chi connectivity index (χ3n) is 1.99. The normalized spacial score (nSPS) is 10.0. The molecule has 4 nitrogen and oxygen atoms in total. The van der Waals surface area contributed by atoms with Crippen LogP contribution in [-0.2, 0) is 0 Å². The number of rotatable bonds is 1. The van der Waals surface area contributed by atoms with Crippen molar-refractivity contribution in [2.75, 3.05) is 0 Å². The third-order valence-corrected chi connectivity index (χ3v) is 1.99. The van der Waals surface area contributed by atoms with Crippen molar-refractivity contribution in [2.45, 2.75) is 6.92 Å². The Labute approximate surface area is 80.2 Å². The largest absolute Gasteiger partial charge is 0.329 e. The van der Waals surface area contributed by atoms with E-state index in [1.807, 2.05) is 6.07 Å². The van der Waals surface area contributed by atoms with Gasteiger partial charge in [0.2, 0.25) is 5.82 Å². The summed E-state index contributed by atoms with van der Waals surface area (Å²) in [6.07, 6.45) is 0. The summed E-state index contributed by atoms with van der Waals surface area (Å²) >= 11 is 0. The van der Waals surface area contributed by atoms with Gasteiger partial charge < -0.3 is 4.98 Å². The van der Waals surface area contributed by atoms with E-state index in [4.69, 9.17) is 5.26 Å². The van der Waals surface area contributed by atoms with E-state index in [-0.39, 0.29) is 11.6 Å². The first-order valence-corrected chi connectivity index (χ1v) is 4.11. The molecule has 68 valence electrons. The van der Waals surface area contributed by atoms with Crippen LogP contribution in [0.15, 0.2) is 18.2 Å². The Morgan fingerprint density at radius 3 is 3.00 bits per heavy atom. The Bertz CT molecular complexity index is 548. The lowest BCUT2D eigenvalue weighted by Gasteiger charge is -1.93. The van der Waals surface area contributed by atoms with Crippen LogP contribution in [0.3, 0.4) is 0 Å². The number of hydrogen-bond donors (Lipinski definition) is 1. The zero-order valence-corrected chi connectivity index (χ0v) is 7.53. The second-order valence-electron chi connectivity index (χ2n) is 2.99. The summed E-state index contributed by atoms with van der Waals surface area (Å²) in [4.78, 5) is 17.9. The predicted molar refractivity (Wildman–Crippen MR) is 50.8 cm³/mol. The number of Topliss-reactive ketones (excluding diaryl/α,β-unsaturated/α-hetero) is 1. The third kappa shape index (κ3) is 1.25. The molecule has 0 atom stereocenters. The number of nitrogens with zero attached hydrogens (tertiary/aromatic N) is 2. The van der Waals surface area contributed by atoms with E-state index in [9.17, 15) is 4.79 Å². The summed E-state index contributed by atoms with van der Waals surface area (Å²) in [5.41, 5.74) is 2.03. The number of carbonyl (C=O) groups is 1. The molecule has 0 aliphatic carbocycles. The van der Waals surface area contributed by atoms with Crippen LogP contribution in [0.5, 0.6) is 0 Å². The zero-order valence-electron chi connectivity index (χ0n) is 7.53. The Morgan fingerprint density at radius 2 is 2.36 bits per heavy atom. The average Bonchev–Trinajstić information content (AvgIpc) is 2.58. The van der Waals surface area contributed by atoms with Gasteiger partial charge in [0.05, 0.1) is 11.0 Å². The lowest BCUT2D eigenvalue weighted by atomic mass is 10.1. The van der Waals surface area contributed by atoms with Gasteiger partial charge in [-0.05, 0) is 25.1 Å². The highest BCUT2D eigenvalue weighted by atomic mass is 16.1. The SMILES string of the molecule is CC(=O)c1ccc2nc(C#N)[nH]c2c1. The van der Waals surface area contributed by atoms with Crippen LogP contribution < -0.4 is 0 Å². The molecular formula is C10H7N3O. The summed E-state index contributed by atoms with van der Waals surface area (Å²) in [5, 5.41) is 8.61. The number of nitrogens with one attached hydrogen (secondary N) is 1. The highest BCUT2D eigenvalue weighted by molar-refractivity contribution is 5.97. The molecule has 0 saturated heterocycles. The maximum Gasteiger partial charge on any atom is 0.211 e. The van der Waals surface area contributed by atoms with Crippen molar-refractivity contribution < 1.29 is 4.79 Å². The highest BCUT2D eigenvalue weighted by Crippen LogP contribution is 2.13. The van der Waals surface area contributed by atoms with Gasteiger partial charge in [0, 0.05) is 5.56 Å². The van der Waals surface area contributed by atoms with Crippen molar-refractivity contribution in [3.8, 4) is 6.07 Å². The van der Waals surface area contributed by atoms with Crippen LogP contribution in [0.25, 0.3) is 11.0 Å². The Balaban J connectivity index is 2.66. The first kappa shape index (κ1) is 8.45. The van der Waals surface area contributed by atoms with Gasteiger partial charge in [-0.3, -0.25) is 4.79 Å². The number of H-pyrrole nitrogens is 1. The lowest BCUT2D eigenvalue weighted by Crippen LogP contribution is -1.90. The molecule has 2 rings (SSSR count). The number of hydrogen-bond acceptors (Lipinski definition) is 3. The number of ketones is 1. The predicted octanol–water partition coefficient (Wildman–Crippen LogP) is 1.64. The van der Waals surface area contributed by atoms with E-state index in [2.05, 4.69) is 9.97 Å².